The van der Waals surface area contributed by atoms with E-state index in [0.29, 0.717) is 0 Å². The predicted molar refractivity (Wildman–Crippen MR) is 65.2 cm³/mol. The molecule has 0 fully saturated rings. The number of aryl methyl sites for hydroxylation is 1. The van der Waals surface area contributed by atoms with Gasteiger partial charge in [0.2, 0.25) is 0 Å². The lowest BCUT2D eigenvalue weighted by Crippen LogP contribution is -2.13. The number of nitrogens with zero attached hydrogens (tertiary/aromatic N) is 2. The molecule has 0 saturated heterocycles. The molecule has 1 heterocycles. The SMILES string of the molecule is Cn1cc(C(=O)Nc2c(F)cc(Br)cc2F)cn1. The lowest BCUT2D eigenvalue weighted by Gasteiger charge is -2.06. The molecule has 0 aliphatic rings. The summed E-state index contributed by atoms with van der Waals surface area (Å²) in [6.07, 6.45) is 2.76. The standard InChI is InChI=1S/C11H8BrF2N3O/c1-17-5-6(4-15-17)11(18)16-10-8(13)2-7(12)3-9(10)14/h2-5H,1H3,(H,16,18). The van der Waals surface area contributed by atoms with Gasteiger partial charge in [0, 0.05) is 17.7 Å². The van der Waals surface area contributed by atoms with Crippen LogP contribution >= 0.6 is 15.9 Å². The zero-order valence-electron chi connectivity index (χ0n) is 9.25. The lowest BCUT2D eigenvalue weighted by atomic mass is 10.2. The number of hydrogen-bond acceptors (Lipinski definition) is 2. The van der Waals surface area contributed by atoms with E-state index in [2.05, 4.69) is 26.3 Å². The van der Waals surface area contributed by atoms with E-state index in [0.717, 1.165) is 12.1 Å². The van der Waals surface area contributed by atoms with Gasteiger partial charge in [0.05, 0.1) is 11.8 Å². The number of carbonyl (C=O) groups is 1. The van der Waals surface area contributed by atoms with Gasteiger partial charge in [0.25, 0.3) is 5.91 Å². The highest BCUT2D eigenvalue weighted by molar-refractivity contribution is 9.10. The number of amides is 1. The molecular formula is C11H8BrF2N3O. The van der Waals surface area contributed by atoms with Crippen molar-refractivity contribution in [2.75, 3.05) is 5.32 Å². The number of hydrogen-bond donors (Lipinski definition) is 1. The number of halogens is 3. The molecule has 4 nitrogen and oxygen atoms in total. The van der Waals surface area contributed by atoms with Gasteiger partial charge in [-0.1, -0.05) is 15.9 Å². The molecule has 94 valence electrons. The van der Waals surface area contributed by atoms with E-state index in [1.54, 1.807) is 7.05 Å². The highest BCUT2D eigenvalue weighted by Crippen LogP contribution is 2.24. The number of aromatic nitrogens is 2. The largest absolute Gasteiger partial charge is 0.317 e. The van der Waals surface area contributed by atoms with Crippen molar-refractivity contribution >= 4 is 27.5 Å². The van der Waals surface area contributed by atoms with Crippen molar-refractivity contribution in [2.24, 2.45) is 7.05 Å². The van der Waals surface area contributed by atoms with Crippen LogP contribution in [0.1, 0.15) is 10.4 Å². The Bertz CT molecular complexity index is 589. The first-order valence-corrected chi connectivity index (χ1v) is 5.71. The normalized spacial score (nSPS) is 10.4. The minimum Gasteiger partial charge on any atom is -0.317 e. The maximum absolute atomic E-state index is 13.5. The van der Waals surface area contributed by atoms with E-state index in [-0.39, 0.29) is 10.0 Å². The molecule has 0 radical (unpaired) electrons. The first kappa shape index (κ1) is 12.7. The molecule has 1 amide bonds. The van der Waals surface area contributed by atoms with Gasteiger partial charge in [-0.05, 0) is 12.1 Å². The monoisotopic (exact) mass is 315 g/mol. The third-order valence-corrected chi connectivity index (χ3v) is 2.67. The molecule has 0 spiro atoms. The second-order valence-corrected chi connectivity index (χ2v) is 4.52. The molecule has 0 unspecified atom stereocenters. The van der Waals surface area contributed by atoms with Crippen LogP contribution in [0.5, 0.6) is 0 Å². The molecule has 2 rings (SSSR count). The third kappa shape index (κ3) is 2.56. The van der Waals surface area contributed by atoms with Crippen molar-refractivity contribution in [1.82, 2.24) is 9.78 Å². The molecule has 18 heavy (non-hydrogen) atoms. The number of carbonyl (C=O) groups excluding carboxylic acids is 1. The Morgan fingerprint density at radius 3 is 2.50 bits per heavy atom. The predicted octanol–water partition coefficient (Wildman–Crippen LogP) is 2.71. The fourth-order valence-corrected chi connectivity index (χ4v) is 1.79. The first-order valence-electron chi connectivity index (χ1n) is 4.92. The van der Waals surface area contributed by atoms with Crippen molar-refractivity contribution in [1.29, 1.82) is 0 Å². The lowest BCUT2D eigenvalue weighted by molar-refractivity contribution is 0.102. The highest BCUT2D eigenvalue weighted by Gasteiger charge is 2.15. The Labute approximate surface area is 110 Å². The van der Waals surface area contributed by atoms with Gasteiger partial charge in [-0.3, -0.25) is 9.48 Å². The summed E-state index contributed by atoms with van der Waals surface area (Å²) < 4.78 is 28.7. The summed E-state index contributed by atoms with van der Waals surface area (Å²) in [4.78, 5) is 11.7. The molecule has 0 saturated carbocycles. The Kier molecular flexibility index (Phi) is 3.42. The third-order valence-electron chi connectivity index (χ3n) is 2.21. The topological polar surface area (TPSA) is 46.9 Å². The van der Waals surface area contributed by atoms with Gasteiger partial charge in [0.15, 0.2) is 11.6 Å². The van der Waals surface area contributed by atoms with Gasteiger partial charge >= 0.3 is 0 Å². The van der Waals surface area contributed by atoms with E-state index >= 15 is 0 Å². The summed E-state index contributed by atoms with van der Waals surface area (Å²) in [5, 5.41) is 5.97. The van der Waals surface area contributed by atoms with Crippen molar-refractivity contribution in [3.05, 3.63) is 46.2 Å². The van der Waals surface area contributed by atoms with Crippen molar-refractivity contribution in [3.63, 3.8) is 0 Å². The summed E-state index contributed by atoms with van der Waals surface area (Å²) >= 11 is 2.96. The van der Waals surface area contributed by atoms with Crippen molar-refractivity contribution in [3.8, 4) is 0 Å². The van der Waals surface area contributed by atoms with Crippen molar-refractivity contribution in [2.45, 2.75) is 0 Å². The van der Waals surface area contributed by atoms with E-state index in [1.165, 1.54) is 17.1 Å². The maximum atomic E-state index is 13.5. The van der Waals surface area contributed by atoms with Gasteiger partial charge in [-0.2, -0.15) is 5.10 Å². The summed E-state index contributed by atoms with van der Waals surface area (Å²) in [6, 6.07) is 2.14. The van der Waals surface area contributed by atoms with Crippen LogP contribution < -0.4 is 5.32 Å². The van der Waals surface area contributed by atoms with Gasteiger partial charge in [0.1, 0.15) is 5.69 Å². The minimum absolute atomic E-state index is 0.221. The first-order chi connectivity index (χ1) is 8.47. The number of rotatable bonds is 2. The summed E-state index contributed by atoms with van der Waals surface area (Å²) in [5.41, 5.74) is -0.258. The van der Waals surface area contributed by atoms with Crippen LogP contribution in [0, 0.1) is 11.6 Å². The van der Waals surface area contributed by atoms with Gasteiger partial charge in [-0.25, -0.2) is 8.78 Å². The van der Waals surface area contributed by atoms with Crippen LogP contribution in [0.25, 0.3) is 0 Å². The summed E-state index contributed by atoms with van der Waals surface area (Å²) in [5.74, 6) is -2.32. The Hall–Kier alpha value is -1.76. The minimum atomic E-state index is -0.848. The Balaban J connectivity index is 2.27. The van der Waals surface area contributed by atoms with E-state index in [4.69, 9.17) is 0 Å². The molecule has 1 aromatic heterocycles. The molecule has 7 heteroatoms. The van der Waals surface area contributed by atoms with Crippen LogP contribution in [0.2, 0.25) is 0 Å². The highest BCUT2D eigenvalue weighted by atomic mass is 79.9. The van der Waals surface area contributed by atoms with Crippen LogP contribution in [0.3, 0.4) is 0 Å². The average Bonchev–Trinajstić information content (AvgIpc) is 2.70. The summed E-state index contributed by atoms with van der Waals surface area (Å²) in [6.45, 7) is 0. The molecule has 1 aromatic carbocycles. The van der Waals surface area contributed by atoms with Crippen molar-refractivity contribution < 1.29 is 13.6 Å². The smallest absolute Gasteiger partial charge is 0.259 e. The Morgan fingerprint density at radius 2 is 2.00 bits per heavy atom. The second kappa shape index (κ2) is 4.85. The van der Waals surface area contributed by atoms with Gasteiger partial charge in [-0.15, -0.1) is 0 Å². The zero-order chi connectivity index (χ0) is 13.3. The van der Waals surface area contributed by atoms with E-state index in [1.807, 2.05) is 0 Å². The number of nitrogens with one attached hydrogen (secondary N) is 1. The molecule has 0 bridgehead atoms. The second-order valence-electron chi connectivity index (χ2n) is 3.60. The molecular weight excluding hydrogens is 308 g/mol. The molecule has 0 atom stereocenters. The van der Waals surface area contributed by atoms with E-state index in [9.17, 15) is 13.6 Å². The quantitative estimate of drug-likeness (QED) is 0.926. The van der Waals surface area contributed by atoms with Crippen LogP contribution in [-0.4, -0.2) is 15.7 Å². The average molecular weight is 316 g/mol. The van der Waals surface area contributed by atoms with E-state index < -0.39 is 23.2 Å². The molecule has 0 aliphatic carbocycles. The fourth-order valence-electron chi connectivity index (χ4n) is 1.39. The van der Waals surface area contributed by atoms with Crippen LogP contribution in [0.4, 0.5) is 14.5 Å². The number of benzene rings is 1. The fraction of sp³-hybridized carbons (Fsp3) is 0.0909. The summed E-state index contributed by atoms with van der Waals surface area (Å²) in [7, 11) is 1.64. The zero-order valence-corrected chi connectivity index (χ0v) is 10.8. The van der Waals surface area contributed by atoms with Crippen LogP contribution in [0.15, 0.2) is 29.0 Å². The van der Waals surface area contributed by atoms with Crippen LogP contribution in [-0.2, 0) is 7.05 Å². The number of anilines is 1. The maximum Gasteiger partial charge on any atom is 0.259 e. The molecule has 1 N–H and O–H groups in total. The Morgan fingerprint density at radius 1 is 1.39 bits per heavy atom. The molecule has 0 aliphatic heterocycles. The molecule has 2 aromatic rings. The van der Waals surface area contributed by atoms with Gasteiger partial charge < -0.3 is 5.32 Å².